The van der Waals surface area contributed by atoms with E-state index in [0.29, 0.717) is 11.5 Å². The number of thioether (sulfide) groups is 1. The van der Waals surface area contributed by atoms with Gasteiger partial charge >= 0.3 is 0 Å². The number of hydrogen-bond acceptors (Lipinski definition) is 2. The second-order valence-corrected chi connectivity index (χ2v) is 7.65. The number of nitrogens with one attached hydrogen (secondary N) is 1. The van der Waals surface area contributed by atoms with Crippen LogP contribution in [-0.4, -0.2) is 18.3 Å². The number of benzene rings is 1. The summed E-state index contributed by atoms with van der Waals surface area (Å²) in [4.78, 5) is 1.26. The molecule has 0 saturated heterocycles. The average Bonchev–Trinajstić information content (AvgIpc) is 2.32. The van der Waals surface area contributed by atoms with E-state index in [4.69, 9.17) is 11.6 Å². The molecule has 0 aliphatic heterocycles. The Balaban J connectivity index is 2.45. The van der Waals surface area contributed by atoms with Crippen LogP contribution >= 0.6 is 23.4 Å². The van der Waals surface area contributed by atoms with Gasteiger partial charge in [-0.1, -0.05) is 45.4 Å². The van der Waals surface area contributed by atoms with Gasteiger partial charge in [-0.3, -0.25) is 0 Å². The quantitative estimate of drug-likeness (QED) is 0.691. The molecule has 0 bridgehead atoms. The van der Waals surface area contributed by atoms with Gasteiger partial charge in [-0.15, -0.1) is 11.8 Å². The largest absolute Gasteiger partial charge is 0.313 e. The van der Waals surface area contributed by atoms with Crippen molar-refractivity contribution in [3.63, 3.8) is 0 Å². The summed E-state index contributed by atoms with van der Waals surface area (Å²) in [5.41, 5.74) is 0.411. The van der Waals surface area contributed by atoms with Gasteiger partial charge < -0.3 is 5.32 Å². The van der Waals surface area contributed by atoms with E-state index in [2.05, 4.69) is 39.1 Å². The van der Waals surface area contributed by atoms with Gasteiger partial charge in [0, 0.05) is 21.7 Å². The Morgan fingerprint density at radius 3 is 2.63 bits per heavy atom. The normalized spacial score (nSPS) is 13.5. The van der Waals surface area contributed by atoms with Crippen molar-refractivity contribution in [1.82, 2.24) is 5.32 Å². The molecule has 1 aromatic carbocycles. The average molecular weight is 300 g/mol. The minimum absolute atomic E-state index is 0.411. The predicted molar refractivity (Wildman–Crippen MR) is 88.3 cm³/mol. The molecule has 0 aromatic heterocycles. The first kappa shape index (κ1) is 16.9. The molecule has 1 aromatic rings. The Morgan fingerprint density at radius 2 is 2.05 bits per heavy atom. The van der Waals surface area contributed by atoms with Gasteiger partial charge in [-0.25, -0.2) is 0 Å². The summed E-state index contributed by atoms with van der Waals surface area (Å²) in [6.07, 6.45) is 2.48. The van der Waals surface area contributed by atoms with Crippen LogP contribution in [0.3, 0.4) is 0 Å². The second-order valence-electron chi connectivity index (χ2n) is 6.12. The highest BCUT2D eigenvalue weighted by Crippen LogP contribution is 2.26. The fourth-order valence-electron chi connectivity index (χ4n) is 1.89. The summed E-state index contributed by atoms with van der Waals surface area (Å²) in [5, 5.41) is 4.41. The molecular formula is C16H26ClNS. The molecule has 0 aliphatic rings. The molecule has 3 heteroatoms. The van der Waals surface area contributed by atoms with Crippen molar-refractivity contribution < 1.29 is 0 Å². The molecule has 0 amide bonds. The molecule has 1 unspecified atom stereocenters. The lowest BCUT2D eigenvalue weighted by molar-refractivity contribution is 0.340. The SMILES string of the molecule is CCNC(CCC(C)(C)C)CSc1cccc(Cl)c1. The van der Waals surface area contributed by atoms with Crippen LogP contribution in [0.5, 0.6) is 0 Å². The number of rotatable bonds is 7. The van der Waals surface area contributed by atoms with Crippen molar-refractivity contribution in [2.45, 2.75) is 51.5 Å². The lowest BCUT2D eigenvalue weighted by Gasteiger charge is -2.23. The fraction of sp³-hybridized carbons (Fsp3) is 0.625. The van der Waals surface area contributed by atoms with Crippen molar-refractivity contribution in [3.05, 3.63) is 29.3 Å². The number of hydrogen-bond donors (Lipinski definition) is 1. The summed E-state index contributed by atoms with van der Waals surface area (Å²) in [6.45, 7) is 10.1. The van der Waals surface area contributed by atoms with Gasteiger partial charge in [-0.2, -0.15) is 0 Å². The van der Waals surface area contributed by atoms with E-state index in [0.717, 1.165) is 17.3 Å². The minimum atomic E-state index is 0.411. The molecule has 1 nitrogen and oxygen atoms in total. The third-order valence-corrected chi connectivity index (χ3v) is 4.37. The monoisotopic (exact) mass is 299 g/mol. The van der Waals surface area contributed by atoms with Crippen molar-refractivity contribution >= 4 is 23.4 Å². The summed E-state index contributed by atoms with van der Waals surface area (Å²) in [7, 11) is 0. The third kappa shape index (κ3) is 7.86. The maximum absolute atomic E-state index is 6.01. The molecule has 0 fully saturated rings. The molecule has 0 spiro atoms. The van der Waals surface area contributed by atoms with E-state index in [1.165, 1.54) is 17.7 Å². The van der Waals surface area contributed by atoms with Crippen molar-refractivity contribution in [2.75, 3.05) is 12.3 Å². The summed E-state index contributed by atoms with van der Waals surface area (Å²) < 4.78 is 0. The highest BCUT2D eigenvalue weighted by molar-refractivity contribution is 7.99. The second kappa shape index (κ2) is 8.18. The van der Waals surface area contributed by atoms with E-state index in [1.807, 2.05) is 30.0 Å². The first-order chi connectivity index (χ1) is 8.90. The molecule has 108 valence electrons. The summed E-state index contributed by atoms with van der Waals surface area (Å²) >= 11 is 7.90. The van der Waals surface area contributed by atoms with Crippen LogP contribution in [0.1, 0.15) is 40.5 Å². The van der Waals surface area contributed by atoms with Crippen LogP contribution < -0.4 is 5.32 Å². The van der Waals surface area contributed by atoms with Crippen LogP contribution in [0.4, 0.5) is 0 Å². The van der Waals surface area contributed by atoms with Crippen molar-refractivity contribution in [1.29, 1.82) is 0 Å². The van der Waals surface area contributed by atoms with Crippen LogP contribution in [0.25, 0.3) is 0 Å². The lowest BCUT2D eigenvalue weighted by atomic mass is 9.89. The Morgan fingerprint density at radius 1 is 1.32 bits per heavy atom. The van der Waals surface area contributed by atoms with E-state index in [9.17, 15) is 0 Å². The zero-order valence-corrected chi connectivity index (χ0v) is 14.1. The van der Waals surface area contributed by atoms with Gasteiger partial charge in [0.25, 0.3) is 0 Å². The maximum Gasteiger partial charge on any atom is 0.0417 e. The first-order valence-corrected chi connectivity index (χ1v) is 8.39. The van der Waals surface area contributed by atoms with Crippen molar-refractivity contribution in [2.24, 2.45) is 5.41 Å². The van der Waals surface area contributed by atoms with Crippen LogP contribution in [0.15, 0.2) is 29.2 Å². The molecular weight excluding hydrogens is 274 g/mol. The lowest BCUT2D eigenvalue weighted by Crippen LogP contribution is -2.32. The first-order valence-electron chi connectivity index (χ1n) is 7.02. The van der Waals surface area contributed by atoms with E-state index < -0.39 is 0 Å². The molecule has 1 rings (SSSR count). The Bertz CT molecular complexity index is 373. The summed E-state index contributed by atoms with van der Waals surface area (Å²) in [6, 6.07) is 8.69. The van der Waals surface area contributed by atoms with Crippen LogP contribution in [0.2, 0.25) is 5.02 Å². The molecule has 0 saturated carbocycles. The predicted octanol–water partition coefficient (Wildman–Crippen LogP) is 5.24. The fourth-order valence-corrected chi connectivity index (χ4v) is 3.21. The zero-order chi connectivity index (χ0) is 14.3. The molecule has 19 heavy (non-hydrogen) atoms. The van der Waals surface area contributed by atoms with Crippen LogP contribution in [0, 0.1) is 5.41 Å². The van der Waals surface area contributed by atoms with Crippen molar-refractivity contribution in [3.8, 4) is 0 Å². The molecule has 0 aliphatic carbocycles. The van der Waals surface area contributed by atoms with E-state index in [-0.39, 0.29) is 0 Å². The van der Waals surface area contributed by atoms with Crippen LogP contribution in [-0.2, 0) is 0 Å². The molecule has 0 radical (unpaired) electrons. The highest BCUT2D eigenvalue weighted by atomic mass is 35.5. The smallest absolute Gasteiger partial charge is 0.0417 e. The standard InChI is InChI=1S/C16H26ClNS/c1-5-18-14(9-10-16(2,3)4)12-19-15-8-6-7-13(17)11-15/h6-8,11,14,18H,5,9-10,12H2,1-4H3. The van der Waals surface area contributed by atoms with E-state index >= 15 is 0 Å². The number of halogens is 1. The van der Waals surface area contributed by atoms with Gasteiger partial charge in [0.15, 0.2) is 0 Å². The topological polar surface area (TPSA) is 12.0 Å². The summed E-state index contributed by atoms with van der Waals surface area (Å²) in [5.74, 6) is 1.10. The molecule has 1 N–H and O–H groups in total. The Labute approximate surface area is 127 Å². The Hall–Kier alpha value is -0.180. The van der Waals surface area contributed by atoms with Gasteiger partial charge in [0.05, 0.1) is 0 Å². The maximum atomic E-state index is 6.01. The van der Waals surface area contributed by atoms with Gasteiger partial charge in [0.2, 0.25) is 0 Å². The van der Waals surface area contributed by atoms with Gasteiger partial charge in [-0.05, 0) is 43.0 Å². The molecule has 1 atom stereocenters. The molecule has 0 heterocycles. The van der Waals surface area contributed by atoms with Gasteiger partial charge in [0.1, 0.15) is 0 Å². The zero-order valence-electron chi connectivity index (χ0n) is 12.5. The minimum Gasteiger partial charge on any atom is -0.313 e. The Kier molecular flexibility index (Phi) is 7.27. The van der Waals surface area contributed by atoms with E-state index in [1.54, 1.807) is 0 Å². The highest BCUT2D eigenvalue weighted by Gasteiger charge is 2.15. The third-order valence-electron chi connectivity index (χ3n) is 2.98.